The van der Waals surface area contributed by atoms with E-state index in [1.54, 1.807) is 31.4 Å². The van der Waals surface area contributed by atoms with Gasteiger partial charge in [-0.25, -0.2) is 0 Å². The number of hydrogen-bond acceptors (Lipinski definition) is 4. The van der Waals surface area contributed by atoms with Crippen molar-refractivity contribution in [3.8, 4) is 23.1 Å². The minimum atomic E-state index is -0.263. The molecule has 3 aromatic rings. The Labute approximate surface area is 139 Å². The van der Waals surface area contributed by atoms with Gasteiger partial charge in [0.15, 0.2) is 5.78 Å². The summed E-state index contributed by atoms with van der Waals surface area (Å²) in [7, 11) is 1.56. The molecule has 0 atom stereocenters. The van der Waals surface area contributed by atoms with Crippen LogP contribution in [0.2, 0.25) is 0 Å². The number of ketones is 1. The summed E-state index contributed by atoms with van der Waals surface area (Å²) in [6.07, 6.45) is 0. The predicted molar refractivity (Wildman–Crippen MR) is 91.8 cm³/mol. The van der Waals surface area contributed by atoms with Gasteiger partial charge in [-0.1, -0.05) is 30.3 Å². The standard InChI is InChI=1S/C19H15N3O2/c1-24-14-9-7-13(8-10-14)18(23)16-15(11-20)19(21)22-17(16)12-5-3-2-4-6-12/h2-10,22H,21H2,1H3. The van der Waals surface area contributed by atoms with Gasteiger partial charge < -0.3 is 15.5 Å². The minimum absolute atomic E-state index is 0.162. The average Bonchev–Trinajstić information content (AvgIpc) is 2.98. The second-order valence-corrected chi connectivity index (χ2v) is 5.20. The van der Waals surface area contributed by atoms with Crippen molar-refractivity contribution in [2.75, 3.05) is 12.8 Å². The van der Waals surface area contributed by atoms with Crippen molar-refractivity contribution in [1.29, 1.82) is 5.26 Å². The fraction of sp³-hybridized carbons (Fsp3) is 0.0526. The number of benzene rings is 2. The number of nitrogens with one attached hydrogen (secondary N) is 1. The molecule has 0 saturated carbocycles. The molecule has 0 unspecified atom stereocenters. The molecule has 3 N–H and O–H groups in total. The second kappa shape index (κ2) is 6.31. The second-order valence-electron chi connectivity index (χ2n) is 5.20. The number of hydrogen-bond donors (Lipinski definition) is 2. The van der Waals surface area contributed by atoms with E-state index < -0.39 is 0 Å². The molecule has 118 valence electrons. The van der Waals surface area contributed by atoms with Gasteiger partial charge in [0.1, 0.15) is 23.2 Å². The van der Waals surface area contributed by atoms with E-state index in [0.717, 1.165) is 5.56 Å². The first kappa shape index (κ1) is 15.4. The molecule has 3 rings (SSSR count). The third-order valence-corrected chi connectivity index (χ3v) is 3.78. The predicted octanol–water partition coefficient (Wildman–Crippen LogP) is 3.38. The Bertz CT molecular complexity index is 920. The van der Waals surface area contributed by atoms with Gasteiger partial charge >= 0.3 is 0 Å². The maximum absolute atomic E-state index is 13.0. The summed E-state index contributed by atoms with van der Waals surface area (Å²) >= 11 is 0. The number of carbonyl (C=O) groups is 1. The Morgan fingerprint density at radius 1 is 1.12 bits per heavy atom. The van der Waals surface area contributed by atoms with Crippen molar-refractivity contribution in [2.45, 2.75) is 0 Å². The maximum atomic E-state index is 13.0. The minimum Gasteiger partial charge on any atom is -0.497 e. The van der Waals surface area contributed by atoms with Gasteiger partial charge in [0.25, 0.3) is 0 Å². The number of aromatic nitrogens is 1. The lowest BCUT2D eigenvalue weighted by Gasteiger charge is -2.06. The first-order chi connectivity index (χ1) is 11.7. The highest BCUT2D eigenvalue weighted by molar-refractivity contribution is 6.15. The summed E-state index contributed by atoms with van der Waals surface area (Å²) in [5.41, 5.74) is 8.15. The Hall–Kier alpha value is -3.52. The van der Waals surface area contributed by atoms with E-state index in [2.05, 4.69) is 4.98 Å². The van der Waals surface area contributed by atoms with E-state index in [1.165, 1.54) is 0 Å². The average molecular weight is 317 g/mol. The summed E-state index contributed by atoms with van der Waals surface area (Å²) in [6.45, 7) is 0. The molecule has 0 amide bonds. The Balaban J connectivity index is 2.15. The summed E-state index contributed by atoms with van der Waals surface area (Å²) in [5.74, 6) is 0.582. The topological polar surface area (TPSA) is 91.9 Å². The van der Waals surface area contributed by atoms with Crippen molar-refractivity contribution in [1.82, 2.24) is 4.98 Å². The number of methoxy groups -OCH3 is 1. The summed E-state index contributed by atoms with van der Waals surface area (Å²) < 4.78 is 5.11. The molecule has 5 heteroatoms. The fourth-order valence-corrected chi connectivity index (χ4v) is 2.57. The molecule has 24 heavy (non-hydrogen) atoms. The molecule has 5 nitrogen and oxygen atoms in total. The van der Waals surface area contributed by atoms with Crippen molar-refractivity contribution in [3.63, 3.8) is 0 Å². The van der Waals surface area contributed by atoms with E-state index in [4.69, 9.17) is 10.5 Å². The fourth-order valence-electron chi connectivity index (χ4n) is 2.57. The highest BCUT2D eigenvalue weighted by Crippen LogP contribution is 2.31. The number of nitrogens with two attached hydrogens (primary N) is 1. The third-order valence-electron chi connectivity index (χ3n) is 3.78. The number of anilines is 1. The molecular formula is C19H15N3O2. The molecule has 0 aliphatic rings. The van der Waals surface area contributed by atoms with Gasteiger partial charge in [-0.3, -0.25) is 4.79 Å². The SMILES string of the molecule is COc1ccc(C(=O)c2c(-c3ccccc3)[nH]c(N)c2C#N)cc1. The number of aromatic amines is 1. The largest absolute Gasteiger partial charge is 0.497 e. The maximum Gasteiger partial charge on any atom is 0.196 e. The Morgan fingerprint density at radius 3 is 2.38 bits per heavy atom. The number of ether oxygens (including phenoxy) is 1. The highest BCUT2D eigenvalue weighted by Gasteiger charge is 2.24. The molecule has 0 aliphatic heterocycles. The monoisotopic (exact) mass is 317 g/mol. The number of H-pyrrole nitrogens is 1. The highest BCUT2D eigenvalue weighted by atomic mass is 16.5. The molecule has 1 aromatic heterocycles. The lowest BCUT2D eigenvalue weighted by atomic mass is 9.97. The number of nitriles is 1. The van der Waals surface area contributed by atoms with E-state index in [1.807, 2.05) is 36.4 Å². The normalized spacial score (nSPS) is 10.2. The molecule has 2 aromatic carbocycles. The van der Waals surface area contributed by atoms with Crippen LogP contribution in [0.15, 0.2) is 54.6 Å². The van der Waals surface area contributed by atoms with E-state index in [9.17, 15) is 10.1 Å². The van der Waals surface area contributed by atoms with Gasteiger partial charge in [0.05, 0.1) is 18.4 Å². The molecule has 0 bridgehead atoms. The zero-order chi connectivity index (χ0) is 17.1. The van der Waals surface area contributed by atoms with Crippen LogP contribution in [0, 0.1) is 11.3 Å². The third kappa shape index (κ3) is 2.61. The van der Waals surface area contributed by atoms with Gasteiger partial charge in [-0.2, -0.15) is 5.26 Å². The zero-order valence-electron chi connectivity index (χ0n) is 13.0. The zero-order valence-corrected chi connectivity index (χ0v) is 13.0. The van der Waals surface area contributed by atoms with Gasteiger partial charge in [-0.15, -0.1) is 0 Å². The lowest BCUT2D eigenvalue weighted by molar-refractivity contribution is 0.103. The molecular weight excluding hydrogens is 302 g/mol. The quantitative estimate of drug-likeness (QED) is 0.722. The first-order valence-electron chi connectivity index (χ1n) is 7.31. The number of nitrogen functional groups attached to an aromatic ring is 1. The molecule has 0 aliphatic carbocycles. The molecule has 0 saturated heterocycles. The molecule has 0 fully saturated rings. The van der Waals surface area contributed by atoms with Crippen molar-refractivity contribution in [3.05, 3.63) is 71.3 Å². The van der Waals surface area contributed by atoms with Crippen LogP contribution < -0.4 is 10.5 Å². The van der Waals surface area contributed by atoms with Gasteiger partial charge in [0.2, 0.25) is 0 Å². The van der Waals surface area contributed by atoms with Crippen LogP contribution in [-0.4, -0.2) is 17.9 Å². The van der Waals surface area contributed by atoms with Crippen LogP contribution in [-0.2, 0) is 0 Å². The van der Waals surface area contributed by atoms with Crippen LogP contribution in [0.1, 0.15) is 21.5 Å². The first-order valence-corrected chi connectivity index (χ1v) is 7.31. The van der Waals surface area contributed by atoms with Crippen molar-refractivity contribution >= 4 is 11.6 Å². The Morgan fingerprint density at radius 2 is 1.79 bits per heavy atom. The Kier molecular flexibility index (Phi) is 4.04. The van der Waals surface area contributed by atoms with Crippen molar-refractivity contribution in [2.24, 2.45) is 0 Å². The smallest absolute Gasteiger partial charge is 0.196 e. The van der Waals surface area contributed by atoms with Crippen LogP contribution in [0.25, 0.3) is 11.3 Å². The lowest BCUT2D eigenvalue weighted by Crippen LogP contribution is -2.04. The molecule has 1 heterocycles. The van der Waals surface area contributed by atoms with Crippen LogP contribution in [0.5, 0.6) is 5.75 Å². The molecule has 0 spiro atoms. The summed E-state index contributed by atoms with van der Waals surface area (Å²) in [5, 5.41) is 9.42. The summed E-state index contributed by atoms with van der Waals surface area (Å²) in [6, 6.07) is 18.1. The van der Waals surface area contributed by atoms with Gasteiger partial charge in [0, 0.05) is 5.56 Å². The van der Waals surface area contributed by atoms with E-state index in [0.29, 0.717) is 17.0 Å². The molecule has 0 radical (unpaired) electrons. The number of nitrogens with zero attached hydrogens (tertiary/aromatic N) is 1. The number of carbonyl (C=O) groups excluding carboxylic acids is 1. The van der Waals surface area contributed by atoms with Crippen LogP contribution in [0.3, 0.4) is 0 Å². The van der Waals surface area contributed by atoms with E-state index >= 15 is 0 Å². The van der Waals surface area contributed by atoms with Crippen LogP contribution >= 0.6 is 0 Å². The van der Waals surface area contributed by atoms with E-state index in [-0.39, 0.29) is 22.7 Å². The van der Waals surface area contributed by atoms with Crippen LogP contribution in [0.4, 0.5) is 5.82 Å². The number of rotatable bonds is 4. The van der Waals surface area contributed by atoms with Crippen molar-refractivity contribution < 1.29 is 9.53 Å². The summed E-state index contributed by atoms with van der Waals surface area (Å²) in [4.78, 5) is 15.9. The van der Waals surface area contributed by atoms with Gasteiger partial charge in [-0.05, 0) is 29.8 Å².